The highest BCUT2D eigenvalue weighted by Crippen LogP contribution is 2.25. The van der Waals surface area contributed by atoms with Gasteiger partial charge in [0.2, 0.25) is 5.91 Å². The highest BCUT2D eigenvalue weighted by molar-refractivity contribution is 5.92. The molecule has 1 rings (SSSR count). The second kappa shape index (κ2) is 6.49. The van der Waals surface area contributed by atoms with Gasteiger partial charge in [0.05, 0.1) is 23.2 Å². The summed E-state index contributed by atoms with van der Waals surface area (Å²) in [5, 5.41) is 11.2. The van der Waals surface area contributed by atoms with Crippen molar-refractivity contribution in [1.29, 1.82) is 5.26 Å². The van der Waals surface area contributed by atoms with Crippen LogP contribution in [0.3, 0.4) is 0 Å². The van der Waals surface area contributed by atoms with Crippen molar-refractivity contribution >= 4 is 11.6 Å². The number of carbonyl (C=O) groups is 1. The Morgan fingerprint density at radius 1 is 1.50 bits per heavy atom. The molecule has 108 valence electrons. The molecule has 0 saturated heterocycles. The lowest BCUT2D eigenvalue weighted by Crippen LogP contribution is -2.32. The van der Waals surface area contributed by atoms with E-state index < -0.39 is 5.82 Å². The van der Waals surface area contributed by atoms with Crippen LogP contribution in [0, 0.1) is 28.5 Å². The van der Waals surface area contributed by atoms with E-state index in [-0.39, 0.29) is 35.0 Å². The van der Waals surface area contributed by atoms with E-state index in [0.29, 0.717) is 6.42 Å². The molecule has 5 heteroatoms. The fourth-order valence-corrected chi connectivity index (χ4v) is 1.94. The van der Waals surface area contributed by atoms with Gasteiger partial charge in [0, 0.05) is 6.54 Å². The number of hydrogen-bond donors (Lipinski definition) is 2. The molecule has 1 unspecified atom stereocenters. The number of nitriles is 1. The van der Waals surface area contributed by atoms with Crippen molar-refractivity contribution in [3.8, 4) is 6.07 Å². The van der Waals surface area contributed by atoms with Crippen LogP contribution < -0.4 is 11.1 Å². The van der Waals surface area contributed by atoms with Gasteiger partial charge in [0.15, 0.2) is 0 Å². The number of benzene rings is 1. The zero-order valence-corrected chi connectivity index (χ0v) is 12.0. The summed E-state index contributed by atoms with van der Waals surface area (Å²) in [4.78, 5) is 12.1. The van der Waals surface area contributed by atoms with E-state index in [4.69, 9.17) is 11.0 Å². The zero-order chi connectivity index (χ0) is 15.3. The molecule has 4 nitrogen and oxygen atoms in total. The number of nitrogens with zero attached hydrogens (tertiary/aromatic N) is 1. The van der Waals surface area contributed by atoms with E-state index in [1.807, 2.05) is 26.8 Å². The second-order valence-corrected chi connectivity index (χ2v) is 5.99. The third-order valence-corrected chi connectivity index (χ3v) is 2.87. The summed E-state index contributed by atoms with van der Waals surface area (Å²) in [7, 11) is 0. The highest BCUT2D eigenvalue weighted by Gasteiger charge is 2.24. The molecular formula is C15H20FN3O. The summed E-state index contributed by atoms with van der Waals surface area (Å²) in [5.74, 6) is -1.29. The zero-order valence-electron chi connectivity index (χ0n) is 12.0. The maximum atomic E-state index is 13.7. The number of carbonyl (C=O) groups excluding carboxylic acids is 1. The number of nitrogens with one attached hydrogen (secondary N) is 1. The normalized spacial score (nSPS) is 12.6. The first-order chi connectivity index (χ1) is 9.26. The van der Waals surface area contributed by atoms with Crippen LogP contribution in [0.25, 0.3) is 0 Å². The molecule has 1 amide bonds. The Hall–Kier alpha value is -1.93. The van der Waals surface area contributed by atoms with E-state index in [1.165, 1.54) is 12.1 Å². The maximum absolute atomic E-state index is 13.7. The molecule has 3 N–H and O–H groups in total. The first-order valence-corrected chi connectivity index (χ1v) is 6.47. The Morgan fingerprint density at radius 2 is 2.15 bits per heavy atom. The molecule has 0 fully saturated rings. The topological polar surface area (TPSA) is 78.9 Å². The van der Waals surface area contributed by atoms with Crippen molar-refractivity contribution in [2.45, 2.75) is 27.2 Å². The van der Waals surface area contributed by atoms with E-state index >= 15 is 0 Å². The predicted molar refractivity (Wildman–Crippen MR) is 76.4 cm³/mol. The van der Waals surface area contributed by atoms with Crippen molar-refractivity contribution in [2.75, 3.05) is 11.9 Å². The molecule has 0 aromatic heterocycles. The number of halogens is 1. The summed E-state index contributed by atoms with van der Waals surface area (Å²) in [6.07, 6.45) is 0.618. The van der Waals surface area contributed by atoms with Crippen molar-refractivity contribution < 1.29 is 9.18 Å². The van der Waals surface area contributed by atoms with Crippen LogP contribution in [0.5, 0.6) is 0 Å². The van der Waals surface area contributed by atoms with E-state index in [9.17, 15) is 9.18 Å². The molecule has 0 radical (unpaired) electrons. The van der Waals surface area contributed by atoms with Gasteiger partial charge >= 0.3 is 0 Å². The third kappa shape index (κ3) is 4.63. The fraction of sp³-hybridized carbons (Fsp3) is 0.467. The summed E-state index contributed by atoms with van der Waals surface area (Å²) in [6.45, 7) is 6.27. The van der Waals surface area contributed by atoms with Crippen molar-refractivity contribution in [3.05, 3.63) is 29.6 Å². The Labute approximate surface area is 118 Å². The van der Waals surface area contributed by atoms with Crippen LogP contribution >= 0.6 is 0 Å². The number of anilines is 1. The van der Waals surface area contributed by atoms with E-state index in [2.05, 4.69) is 5.32 Å². The lowest BCUT2D eigenvalue weighted by atomic mass is 9.84. The maximum Gasteiger partial charge on any atom is 0.228 e. The predicted octanol–water partition coefficient (Wildman–Crippen LogP) is 2.65. The van der Waals surface area contributed by atoms with Gasteiger partial charge in [-0.15, -0.1) is 0 Å². The Bertz CT molecular complexity index is 529. The molecule has 0 aliphatic carbocycles. The molecule has 1 aromatic rings. The molecule has 0 aliphatic heterocycles. The van der Waals surface area contributed by atoms with Crippen LogP contribution in [0.15, 0.2) is 18.2 Å². The van der Waals surface area contributed by atoms with Gasteiger partial charge in [-0.05, 0) is 30.0 Å². The SMILES string of the molecule is CC(C)(C)CC(CN)C(=O)Nc1ccc(C#N)cc1F. The number of nitrogens with two attached hydrogens (primary N) is 1. The monoisotopic (exact) mass is 277 g/mol. The Morgan fingerprint density at radius 3 is 2.60 bits per heavy atom. The molecular weight excluding hydrogens is 257 g/mol. The van der Waals surface area contributed by atoms with Crippen molar-refractivity contribution in [2.24, 2.45) is 17.1 Å². The Kier molecular flexibility index (Phi) is 5.23. The molecule has 0 bridgehead atoms. The van der Waals surface area contributed by atoms with Crippen LogP contribution in [0.2, 0.25) is 0 Å². The van der Waals surface area contributed by atoms with Gasteiger partial charge in [-0.25, -0.2) is 4.39 Å². The van der Waals surface area contributed by atoms with Crippen LogP contribution in [-0.2, 0) is 4.79 Å². The van der Waals surface area contributed by atoms with Crippen LogP contribution in [-0.4, -0.2) is 12.5 Å². The highest BCUT2D eigenvalue weighted by atomic mass is 19.1. The van der Waals surface area contributed by atoms with E-state index in [0.717, 1.165) is 6.07 Å². The number of rotatable bonds is 4. The van der Waals surface area contributed by atoms with Gasteiger partial charge in [-0.2, -0.15) is 5.26 Å². The van der Waals surface area contributed by atoms with Crippen LogP contribution in [0.4, 0.5) is 10.1 Å². The van der Waals surface area contributed by atoms with Gasteiger partial charge in [0.25, 0.3) is 0 Å². The summed E-state index contributed by atoms with van der Waals surface area (Å²) in [5.41, 5.74) is 5.87. The standard InChI is InChI=1S/C15H20FN3O/c1-15(2,3)7-11(9-18)14(20)19-13-5-4-10(8-17)6-12(13)16/h4-6,11H,7,9,18H2,1-3H3,(H,19,20). The smallest absolute Gasteiger partial charge is 0.228 e. The summed E-state index contributed by atoms with van der Waals surface area (Å²) < 4.78 is 13.7. The van der Waals surface area contributed by atoms with Crippen molar-refractivity contribution in [1.82, 2.24) is 0 Å². The molecule has 0 saturated carbocycles. The fourth-order valence-electron chi connectivity index (χ4n) is 1.94. The second-order valence-electron chi connectivity index (χ2n) is 5.99. The summed E-state index contributed by atoms with van der Waals surface area (Å²) >= 11 is 0. The minimum absolute atomic E-state index is 0.0371. The number of amides is 1. The largest absolute Gasteiger partial charge is 0.330 e. The average Bonchev–Trinajstić information content (AvgIpc) is 2.37. The first kappa shape index (κ1) is 16.1. The molecule has 0 spiro atoms. The van der Waals surface area contributed by atoms with Crippen LogP contribution in [0.1, 0.15) is 32.8 Å². The molecule has 1 aromatic carbocycles. The lowest BCUT2D eigenvalue weighted by molar-refractivity contribution is -0.120. The first-order valence-electron chi connectivity index (χ1n) is 6.47. The van der Waals surface area contributed by atoms with E-state index in [1.54, 1.807) is 0 Å². The number of hydrogen-bond acceptors (Lipinski definition) is 3. The molecule has 20 heavy (non-hydrogen) atoms. The lowest BCUT2D eigenvalue weighted by Gasteiger charge is -2.24. The average molecular weight is 277 g/mol. The van der Waals surface area contributed by atoms with Gasteiger partial charge in [-0.1, -0.05) is 20.8 Å². The third-order valence-electron chi connectivity index (χ3n) is 2.87. The van der Waals surface area contributed by atoms with Gasteiger partial charge in [-0.3, -0.25) is 4.79 Å². The molecule has 0 heterocycles. The quantitative estimate of drug-likeness (QED) is 0.888. The minimum atomic E-state index is -0.621. The van der Waals surface area contributed by atoms with Crippen molar-refractivity contribution in [3.63, 3.8) is 0 Å². The molecule has 0 aliphatic rings. The summed E-state index contributed by atoms with van der Waals surface area (Å²) in [6, 6.07) is 5.78. The Balaban J connectivity index is 2.82. The van der Waals surface area contributed by atoms with Gasteiger partial charge < -0.3 is 11.1 Å². The molecule has 1 atom stereocenters. The minimum Gasteiger partial charge on any atom is -0.330 e. The van der Waals surface area contributed by atoms with Gasteiger partial charge in [0.1, 0.15) is 5.82 Å².